The fraction of sp³-hybridized carbons (Fsp3) is 0.467. The molecule has 0 radical (unpaired) electrons. The molecule has 0 saturated carbocycles. The summed E-state index contributed by atoms with van der Waals surface area (Å²) in [5.41, 5.74) is -0.626. The van der Waals surface area contributed by atoms with Crippen LogP contribution in [-0.4, -0.2) is 17.4 Å². The predicted octanol–water partition coefficient (Wildman–Crippen LogP) is 3.05. The highest BCUT2D eigenvalue weighted by atomic mass is 19.1. The van der Waals surface area contributed by atoms with Gasteiger partial charge in [0, 0.05) is 12.5 Å². The number of esters is 1. The molecule has 0 spiro atoms. The van der Waals surface area contributed by atoms with Gasteiger partial charge in [-0.05, 0) is 39.3 Å². The van der Waals surface area contributed by atoms with Crippen molar-refractivity contribution >= 4 is 11.8 Å². The van der Waals surface area contributed by atoms with Crippen molar-refractivity contribution in [1.82, 2.24) is 0 Å². The minimum absolute atomic E-state index is 0.0619. The number of ketones is 1. The standard InChI is InChI=1S/C15H18F2O3/c1-9(14(19)20-15(2,3)4)13(18)7-10-5-6-11(16)8-12(10)17/h5-6,8-9H,7H2,1-4H3. The van der Waals surface area contributed by atoms with Gasteiger partial charge in [0.25, 0.3) is 0 Å². The third kappa shape index (κ3) is 4.72. The summed E-state index contributed by atoms with van der Waals surface area (Å²) in [4.78, 5) is 23.6. The highest BCUT2D eigenvalue weighted by Crippen LogP contribution is 2.16. The summed E-state index contributed by atoms with van der Waals surface area (Å²) in [6.45, 7) is 6.50. The maximum atomic E-state index is 13.4. The van der Waals surface area contributed by atoms with Gasteiger partial charge in [-0.3, -0.25) is 9.59 Å². The molecular weight excluding hydrogens is 266 g/mol. The molecule has 1 aromatic rings. The van der Waals surface area contributed by atoms with E-state index in [0.717, 1.165) is 6.07 Å². The zero-order valence-electron chi connectivity index (χ0n) is 12.0. The molecule has 20 heavy (non-hydrogen) atoms. The summed E-state index contributed by atoms with van der Waals surface area (Å²) < 4.78 is 31.3. The summed E-state index contributed by atoms with van der Waals surface area (Å²) in [5.74, 6) is -3.61. The Kier molecular flexibility index (Phi) is 4.98. The molecule has 0 heterocycles. The van der Waals surface area contributed by atoms with Gasteiger partial charge in [0.15, 0.2) is 5.78 Å². The average Bonchev–Trinajstić information content (AvgIpc) is 2.29. The van der Waals surface area contributed by atoms with E-state index < -0.39 is 34.9 Å². The zero-order valence-corrected chi connectivity index (χ0v) is 12.0. The lowest BCUT2D eigenvalue weighted by atomic mass is 9.99. The highest BCUT2D eigenvalue weighted by molar-refractivity contribution is 5.99. The summed E-state index contributed by atoms with van der Waals surface area (Å²) in [7, 11) is 0. The summed E-state index contributed by atoms with van der Waals surface area (Å²) in [5, 5.41) is 0. The number of benzene rings is 1. The van der Waals surface area contributed by atoms with Crippen molar-refractivity contribution in [3.63, 3.8) is 0 Å². The molecule has 0 aliphatic heterocycles. The number of carbonyl (C=O) groups is 2. The van der Waals surface area contributed by atoms with Crippen LogP contribution in [-0.2, 0) is 20.7 Å². The van der Waals surface area contributed by atoms with Crippen LogP contribution in [0.5, 0.6) is 0 Å². The number of hydrogen-bond donors (Lipinski definition) is 0. The number of rotatable bonds is 4. The lowest BCUT2D eigenvalue weighted by Crippen LogP contribution is -2.32. The molecule has 1 atom stereocenters. The molecule has 5 heteroatoms. The van der Waals surface area contributed by atoms with Crippen molar-refractivity contribution in [2.24, 2.45) is 5.92 Å². The lowest BCUT2D eigenvalue weighted by Gasteiger charge is -2.21. The van der Waals surface area contributed by atoms with E-state index >= 15 is 0 Å². The van der Waals surface area contributed by atoms with Crippen molar-refractivity contribution in [3.05, 3.63) is 35.4 Å². The molecule has 0 saturated heterocycles. The van der Waals surface area contributed by atoms with Crippen molar-refractivity contribution < 1.29 is 23.1 Å². The van der Waals surface area contributed by atoms with Crippen molar-refractivity contribution in [2.45, 2.75) is 39.7 Å². The molecular formula is C15H18F2O3. The molecule has 0 bridgehead atoms. The van der Waals surface area contributed by atoms with Gasteiger partial charge in [-0.25, -0.2) is 8.78 Å². The number of ether oxygens (including phenoxy) is 1. The fourth-order valence-corrected chi connectivity index (χ4v) is 1.53. The minimum atomic E-state index is -0.987. The highest BCUT2D eigenvalue weighted by Gasteiger charge is 2.27. The first-order valence-electron chi connectivity index (χ1n) is 6.29. The first-order chi connectivity index (χ1) is 9.10. The Hall–Kier alpha value is -1.78. The van der Waals surface area contributed by atoms with Crippen LogP contribution in [0, 0.1) is 17.6 Å². The predicted molar refractivity (Wildman–Crippen MR) is 70.1 cm³/mol. The second-order valence-electron chi connectivity index (χ2n) is 5.63. The molecule has 0 aliphatic carbocycles. The lowest BCUT2D eigenvalue weighted by molar-refractivity contribution is -0.161. The van der Waals surface area contributed by atoms with E-state index in [-0.39, 0.29) is 12.0 Å². The van der Waals surface area contributed by atoms with Crippen LogP contribution in [0.3, 0.4) is 0 Å². The fourth-order valence-electron chi connectivity index (χ4n) is 1.53. The number of halogens is 2. The van der Waals surface area contributed by atoms with Gasteiger partial charge in [0.2, 0.25) is 0 Å². The van der Waals surface area contributed by atoms with Crippen molar-refractivity contribution in [2.75, 3.05) is 0 Å². The second-order valence-corrected chi connectivity index (χ2v) is 5.63. The van der Waals surface area contributed by atoms with Gasteiger partial charge < -0.3 is 4.74 Å². The Morgan fingerprint density at radius 1 is 1.25 bits per heavy atom. The second kappa shape index (κ2) is 6.11. The Balaban J connectivity index is 2.73. The van der Waals surface area contributed by atoms with Gasteiger partial charge in [-0.2, -0.15) is 0 Å². The van der Waals surface area contributed by atoms with E-state index in [0.29, 0.717) is 6.07 Å². The largest absolute Gasteiger partial charge is 0.459 e. The maximum Gasteiger partial charge on any atom is 0.316 e. The van der Waals surface area contributed by atoms with Gasteiger partial charge in [0.05, 0.1) is 0 Å². The molecule has 1 aromatic carbocycles. The Labute approximate surface area is 116 Å². The molecule has 1 unspecified atom stereocenters. The summed E-state index contributed by atoms with van der Waals surface area (Å²) >= 11 is 0. The van der Waals surface area contributed by atoms with Gasteiger partial charge in [0.1, 0.15) is 23.2 Å². The quantitative estimate of drug-likeness (QED) is 0.630. The maximum absolute atomic E-state index is 13.4. The van der Waals surface area contributed by atoms with Crippen LogP contribution in [0.1, 0.15) is 33.3 Å². The van der Waals surface area contributed by atoms with E-state index in [9.17, 15) is 18.4 Å². The molecule has 1 rings (SSSR count). The van der Waals surface area contributed by atoms with Crippen LogP contribution in [0.4, 0.5) is 8.78 Å². The first kappa shape index (κ1) is 16.3. The topological polar surface area (TPSA) is 43.4 Å². The minimum Gasteiger partial charge on any atom is -0.459 e. The van der Waals surface area contributed by atoms with E-state index in [2.05, 4.69) is 0 Å². The molecule has 0 aromatic heterocycles. The molecule has 0 amide bonds. The number of carbonyl (C=O) groups excluding carboxylic acids is 2. The van der Waals surface area contributed by atoms with Crippen LogP contribution < -0.4 is 0 Å². The van der Waals surface area contributed by atoms with Crippen LogP contribution in [0.2, 0.25) is 0 Å². The summed E-state index contributed by atoms with van der Waals surface area (Å²) in [6, 6.07) is 2.98. The van der Waals surface area contributed by atoms with Crippen LogP contribution in [0.25, 0.3) is 0 Å². The smallest absolute Gasteiger partial charge is 0.316 e. The third-order valence-electron chi connectivity index (χ3n) is 2.62. The third-order valence-corrected chi connectivity index (χ3v) is 2.62. The van der Waals surface area contributed by atoms with E-state index in [4.69, 9.17) is 4.74 Å². The Morgan fingerprint density at radius 3 is 2.35 bits per heavy atom. The number of Topliss-reactive ketones (excluding diaryl/α,β-unsaturated/α-hetero) is 1. The number of hydrogen-bond acceptors (Lipinski definition) is 3. The molecule has 3 nitrogen and oxygen atoms in total. The van der Waals surface area contributed by atoms with Crippen LogP contribution in [0.15, 0.2) is 18.2 Å². The molecule has 0 aliphatic rings. The van der Waals surface area contributed by atoms with E-state index in [1.54, 1.807) is 20.8 Å². The van der Waals surface area contributed by atoms with E-state index in [1.165, 1.54) is 13.0 Å². The van der Waals surface area contributed by atoms with Gasteiger partial charge >= 0.3 is 5.97 Å². The van der Waals surface area contributed by atoms with E-state index in [1.807, 2.05) is 0 Å². The van der Waals surface area contributed by atoms with Crippen LogP contribution >= 0.6 is 0 Å². The SMILES string of the molecule is CC(C(=O)Cc1ccc(F)cc1F)C(=O)OC(C)(C)C. The van der Waals surface area contributed by atoms with Crippen molar-refractivity contribution in [1.29, 1.82) is 0 Å². The summed E-state index contributed by atoms with van der Waals surface area (Å²) in [6.07, 6.45) is -0.271. The van der Waals surface area contributed by atoms with Gasteiger partial charge in [-0.15, -0.1) is 0 Å². The monoisotopic (exact) mass is 284 g/mol. The Morgan fingerprint density at radius 2 is 1.85 bits per heavy atom. The average molecular weight is 284 g/mol. The normalized spacial score (nSPS) is 12.9. The molecule has 0 fully saturated rings. The molecule has 0 N–H and O–H groups in total. The first-order valence-corrected chi connectivity index (χ1v) is 6.29. The Bertz CT molecular complexity index is 518. The molecule has 110 valence electrons. The zero-order chi connectivity index (χ0) is 15.5. The van der Waals surface area contributed by atoms with Crippen molar-refractivity contribution in [3.8, 4) is 0 Å². The van der Waals surface area contributed by atoms with Gasteiger partial charge in [-0.1, -0.05) is 6.07 Å².